The van der Waals surface area contributed by atoms with E-state index in [0.29, 0.717) is 19.4 Å². The molecule has 0 bridgehead atoms. The Morgan fingerprint density at radius 3 is 2.46 bits per heavy atom. The lowest BCUT2D eigenvalue weighted by molar-refractivity contribution is -0.116. The lowest BCUT2D eigenvalue weighted by Gasteiger charge is -2.08. The van der Waals surface area contributed by atoms with Crippen LogP contribution in [0.4, 0.5) is 5.69 Å². The summed E-state index contributed by atoms with van der Waals surface area (Å²) in [5.41, 5.74) is 1.55. The van der Waals surface area contributed by atoms with E-state index in [4.69, 9.17) is 9.47 Å². The molecule has 0 saturated heterocycles. The van der Waals surface area contributed by atoms with Gasteiger partial charge in [0.1, 0.15) is 17.8 Å². The fourth-order valence-electron chi connectivity index (χ4n) is 2.30. The molecule has 134 valence electrons. The zero-order valence-corrected chi connectivity index (χ0v) is 14.3. The molecule has 0 unspecified atom stereocenters. The SMILES string of the molecule is COc1ccc(OCCCC(=O)Nc2ccc(-n3cnnn3)cc2)cc1. The number of methoxy groups -OCH3 is 1. The second-order valence-corrected chi connectivity index (χ2v) is 5.48. The molecule has 0 radical (unpaired) electrons. The highest BCUT2D eigenvalue weighted by Crippen LogP contribution is 2.17. The Balaban J connectivity index is 1.39. The molecule has 3 aromatic rings. The van der Waals surface area contributed by atoms with Gasteiger partial charge in [0.2, 0.25) is 5.91 Å². The summed E-state index contributed by atoms with van der Waals surface area (Å²) in [4.78, 5) is 12.0. The van der Waals surface area contributed by atoms with Crippen LogP contribution in [-0.4, -0.2) is 39.8 Å². The first-order valence-electron chi connectivity index (χ1n) is 8.15. The molecule has 0 saturated carbocycles. The molecule has 3 rings (SSSR count). The van der Waals surface area contributed by atoms with Gasteiger partial charge in [0.25, 0.3) is 0 Å². The summed E-state index contributed by atoms with van der Waals surface area (Å²) >= 11 is 0. The van der Waals surface area contributed by atoms with E-state index < -0.39 is 0 Å². The molecule has 26 heavy (non-hydrogen) atoms. The number of hydrogen-bond acceptors (Lipinski definition) is 6. The maximum Gasteiger partial charge on any atom is 0.224 e. The lowest BCUT2D eigenvalue weighted by Crippen LogP contribution is -2.12. The summed E-state index contributed by atoms with van der Waals surface area (Å²) in [6.45, 7) is 0.470. The molecule has 8 nitrogen and oxygen atoms in total. The van der Waals surface area contributed by atoms with E-state index in [-0.39, 0.29) is 5.91 Å². The quantitative estimate of drug-likeness (QED) is 0.626. The number of benzene rings is 2. The number of tetrazole rings is 1. The fraction of sp³-hybridized carbons (Fsp3) is 0.222. The molecule has 1 aromatic heterocycles. The Labute approximate surface area is 150 Å². The molecule has 0 fully saturated rings. The summed E-state index contributed by atoms with van der Waals surface area (Å²) in [7, 11) is 1.62. The van der Waals surface area contributed by atoms with E-state index >= 15 is 0 Å². The largest absolute Gasteiger partial charge is 0.497 e. The predicted octanol–water partition coefficient (Wildman–Crippen LogP) is 2.47. The minimum absolute atomic E-state index is 0.0569. The van der Waals surface area contributed by atoms with Crippen LogP contribution in [0, 0.1) is 0 Å². The van der Waals surface area contributed by atoms with Crippen LogP contribution >= 0.6 is 0 Å². The van der Waals surface area contributed by atoms with Gasteiger partial charge in [0.15, 0.2) is 0 Å². The maximum atomic E-state index is 12.0. The van der Waals surface area contributed by atoms with Gasteiger partial charge in [-0.1, -0.05) is 0 Å². The number of nitrogens with zero attached hydrogens (tertiary/aromatic N) is 4. The van der Waals surface area contributed by atoms with Crippen LogP contribution in [0.25, 0.3) is 5.69 Å². The van der Waals surface area contributed by atoms with Crippen LogP contribution in [0.2, 0.25) is 0 Å². The molecular weight excluding hydrogens is 334 g/mol. The second-order valence-electron chi connectivity index (χ2n) is 5.48. The van der Waals surface area contributed by atoms with E-state index in [2.05, 4.69) is 20.8 Å². The molecule has 0 spiro atoms. The minimum atomic E-state index is -0.0569. The smallest absolute Gasteiger partial charge is 0.224 e. The van der Waals surface area contributed by atoms with Gasteiger partial charge in [-0.3, -0.25) is 4.79 Å². The van der Waals surface area contributed by atoms with Crippen molar-refractivity contribution in [2.24, 2.45) is 0 Å². The first-order valence-corrected chi connectivity index (χ1v) is 8.15. The molecule has 8 heteroatoms. The van der Waals surface area contributed by atoms with Gasteiger partial charge in [-0.15, -0.1) is 5.10 Å². The van der Waals surface area contributed by atoms with Crippen molar-refractivity contribution in [3.8, 4) is 17.2 Å². The van der Waals surface area contributed by atoms with Crippen LogP contribution in [-0.2, 0) is 4.79 Å². The van der Waals surface area contributed by atoms with Gasteiger partial charge in [0.05, 0.1) is 19.4 Å². The maximum absolute atomic E-state index is 12.0. The Kier molecular flexibility index (Phi) is 5.76. The molecular formula is C18H19N5O3. The fourth-order valence-corrected chi connectivity index (χ4v) is 2.30. The molecule has 0 aliphatic carbocycles. The van der Waals surface area contributed by atoms with Crippen molar-refractivity contribution in [2.75, 3.05) is 19.0 Å². The number of nitrogens with one attached hydrogen (secondary N) is 1. The monoisotopic (exact) mass is 353 g/mol. The Morgan fingerprint density at radius 2 is 1.81 bits per heavy atom. The van der Waals surface area contributed by atoms with Crippen LogP contribution in [0.15, 0.2) is 54.9 Å². The highest BCUT2D eigenvalue weighted by Gasteiger charge is 2.04. The van der Waals surface area contributed by atoms with Gasteiger partial charge in [-0.05, 0) is 65.4 Å². The van der Waals surface area contributed by atoms with Gasteiger partial charge in [-0.2, -0.15) is 0 Å². The highest BCUT2D eigenvalue weighted by molar-refractivity contribution is 5.90. The van der Waals surface area contributed by atoms with E-state index in [1.165, 1.54) is 6.33 Å². The van der Waals surface area contributed by atoms with E-state index in [9.17, 15) is 4.79 Å². The normalized spacial score (nSPS) is 10.3. The molecule has 1 N–H and O–H groups in total. The zero-order chi connectivity index (χ0) is 18.2. The third-order valence-electron chi connectivity index (χ3n) is 3.64. The number of carbonyl (C=O) groups excluding carboxylic acids is 1. The number of amides is 1. The first-order chi connectivity index (χ1) is 12.7. The lowest BCUT2D eigenvalue weighted by atomic mass is 10.2. The standard InChI is InChI=1S/C18H19N5O3/c1-25-16-8-10-17(11-9-16)26-12-2-3-18(24)20-14-4-6-15(7-5-14)23-13-19-21-22-23/h4-11,13H,2-3,12H2,1H3,(H,20,24). The van der Waals surface area contributed by atoms with Crippen LogP contribution in [0.1, 0.15) is 12.8 Å². The van der Waals surface area contributed by atoms with Crippen LogP contribution in [0.3, 0.4) is 0 Å². The molecule has 1 heterocycles. The average molecular weight is 353 g/mol. The van der Waals surface area contributed by atoms with Crippen LogP contribution < -0.4 is 14.8 Å². The van der Waals surface area contributed by atoms with Gasteiger partial charge in [0, 0.05) is 12.1 Å². The van der Waals surface area contributed by atoms with Crippen molar-refractivity contribution < 1.29 is 14.3 Å². The number of hydrogen-bond donors (Lipinski definition) is 1. The molecule has 0 aliphatic rings. The van der Waals surface area contributed by atoms with E-state index in [1.54, 1.807) is 11.8 Å². The molecule has 0 atom stereocenters. The van der Waals surface area contributed by atoms with E-state index in [1.807, 2.05) is 48.5 Å². The highest BCUT2D eigenvalue weighted by atomic mass is 16.5. The van der Waals surface area contributed by atoms with Crippen molar-refractivity contribution in [3.05, 3.63) is 54.9 Å². The summed E-state index contributed by atoms with van der Waals surface area (Å²) in [5, 5.41) is 13.8. The van der Waals surface area contributed by atoms with Crippen LogP contribution in [0.5, 0.6) is 11.5 Å². The third kappa shape index (κ3) is 4.79. The molecule has 0 aliphatic heterocycles. The number of anilines is 1. The Hall–Kier alpha value is -3.42. The summed E-state index contributed by atoms with van der Waals surface area (Å²) in [6, 6.07) is 14.6. The average Bonchev–Trinajstić information content (AvgIpc) is 3.21. The summed E-state index contributed by atoms with van der Waals surface area (Å²) in [5.74, 6) is 1.48. The van der Waals surface area contributed by atoms with Crippen molar-refractivity contribution in [2.45, 2.75) is 12.8 Å². The number of carbonyl (C=O) groups is 1. The topological polar surface area (TPSA) is 91.2 Å². The second kappa shape index (κ2) is 8.61. The van der Waals surface area contributed by atoms with Crippen molar-refractivity contribution >= 4 is 11.6 Å². The predicted molar refractivity (Wildman–Crippen MR) is 95.5 cm³/mol. The van der Waals surface area contributed by atoms with E-state index in [0.717, 1.165) is 22.9 Å². The van der Waals surface area contributed by atoms with Crippen molar-refractivity contribution in [1.82, 2.24) is 20.2 Å². The number of ether oxygens (including phenoxy) is 2. The number of rotatable bonds is 8. The van der Waals surface area contributed by atoms with Crippen molar-refractivity contribution in [1.29, 1.82) is 0 Å². The molecule has 1 amide bonds. The molecule has 2 aromatic carbocycles. The first kappa shape index (κ1) is 17.4. The summed E-state index contributed by atoms with van der Waals surface area (Å²) in [6.07, 6.45) is 2.52. The zero-order valence-electron chi connectivity index (χ0n) is 14.3. The van der Waals surface area contributed by atoms with Gasteiger partial charge < -0.3 is 14.8 Å². The van der Waals surface area contributed by atoms with Gasteiger partial charge in [-0.25, -0.2) is 4.68 Å². The minimum Gasteiger partial charge on any atom is -0.497 e. The summed E-state index contributed by atoms with van der Waals surface area (Å²) < 4.78 is 12.2. The Morgan fingerprint density at radius 1 is 1.08 bits per heavy atom. The van der Waals surface area contributed by atoms with Gasteiger partial charge >= 0.3 is 0 Å². The number of aromatic nitrogens is 4. The Bertz CT molecular complexity index is 817. The van der Waals surface area contributed by atoms with Crippen molar-refractivity contribution in [3.63, 3.8) is 0 Å². The third-order valence-corrected chi connectivity index (χ3v) is 3.64.